The van der Waals surface area contributed by atoms with Crippen molar-refractivity contribution >= 4 is 5.91 Å². The van der Waals surface area contributed by atoms with E-state index in [4.69, 9.17) is 4.52 Å². The van der Waals surface area contributed by atoms with Crippen LogP contribution in [0.3, 0.4) is 0 Å². The maximum Gasteiger partial charge on any atom is 0.273 e. The van der Waals surface area contributed by atoms with Crippen LogP contribution < -0.4 is 5.32 Å². The number of carbonyl (C=O) groups is 1. The number of nitrogens with zero attached hydrogens (tertiary/aromatic N) is 3. The fourth-order valence-corrected chi connectivity index (χ4v) is 4.69. The maximum atomic E-state index is 12.7. The van der Waals surface area contributed by atoms with E-state index in [9.17, 15) is 4.79 Å². The molecule has 0 radical (unpaired) electrons. The third-order valence-electron chi connectivity index (χ3n) is 5.88. The number of pyridine rings is 1. The number of benzene rings is 1. The largest absolute Gasteiger partial charge is 0.361 e. The van der Waals surface area contributed by atoms with Crippen LogP contribution in [0.15, 0.2) is 59.4 Å². The monoisotopic (exact) mass is 374 g/mol. The van der Waals surface area contributed by atoms with Gasteiger partial charge < -0.3 is 9.84 Å². The van der Waals surface area contributed by atoms with E-state index in [0.29, 0.717) is 23.3 Å². The van der Waals surface area contributed by atoms with Crippen molar-refractivity contribution in [2.45, 2.75) is 25.4 Å². The molecule has 3 heterocycles. The number of aromatic nitrogens is 2. The van der Waals surface area contributed by atoms with Crippen molar-refractivity contribution in [2.24, 2.45) is 5.92 Å². The highest BCUT2D eigenvalue weighted by molar-refractivity contribution is 5.92. The summed E-state index contributed by atoms with van der Waals surface area (Å²) in [6.07, 6.45) is 3.73. The molecule has 2 aliphatic rings. The Balaban J connectivity index is 1.39. The lowest BCUT2D eigenvalue weighted by Crippen LogP contribution is -2.33. The molecule has 2 aromatic heterocycles. The summed E-state index contributed by atoms with van der Waals surface area (Å²) in [6, 6.07) is 14.2. The van der Waals surface area contributed by atoms with Crippen molar-refractivity contribution in [1.29, 1.82) is 0 Å². The quantitative estimate of drug-likeness (QED) is 0.760. The molecule has 0 spiro atoms. The van der Waals surface area contributed by atoms with E-state index in [-0.39, 0.29) is 11.9 Å². The normalized spacial score (nSPS) is 23.4. The number of rotatable bonds is 4. The van der Waals surface area contributed by atoms with E-state index in [2.05, 4.69) is 44.6 Å². The second kappa shape index (κ2) is 6.87. The molecule has 3 atom stereocenters. The number of carbonyl (C=O) groups excluding carboxylic acids is 1. The number of nitrogens with one attached hydrogen (secondary N) is 1. The van der Waals surface area contributed by atoms with Gasteiger partial charge in [0.25, 0.3) is 5.91 Å². The van der Waals surface area contributed by atoms with Crippen LogP contribution in [0.5, 0.6) is 0 Å². The van der Waals surface area contributed by atoms with Crippen LogP contribution >= 0.6 is 0 Å². The first kappa shape index (κ1) is 17.1. The van der Waals surface area contributed by atoms with Gasteiger partial charge in [-0.1, -0.05) is 35.5 Å². The smallest absolute Gasteiger partial charge is 0.273 e. The number of aryl methyl sites for hydroxylation is 1. The van der Waals surface area contributed by atoms with Gasteiger partial charge in [-0.3, -0.25) is 14.7 Å². The molecule has 142 valence electrons. The predicted octanol–water partition coefficient (Wildman–Crippen LogP) is 3.08. The summed E-state index contributed by atoms with van der Waals surface area (Å²) in [5.41, 5.74) is 4.13. The van der Waals surface area contributed by atoms with Gasteiger partial charge in [-0.25, -0.2) is 0 Å². The summed E-state index contributed by atoms with van der Waals surface area (Å²) in [6.45, 7) is 4.60. The van der Waals surface area contributed by atoms with Crippen molar-refractivity contribution in [3.63, 3.8) is 0 Å². The minimum atomic E-state index is -0.178. The van der Waals surface area contributed by atoms with Crippen molar-refractivity contribution in [1.82, 2.24) is 20.4 Å². The molecule has 28 heavy (non-hydrogen) atoms. The lowest BCUT2D eigenvalue weighted by atomic mass is 9.94. The van der Waals surface area contributed by atoms with Gasteiger partial charge in [0.1, 0.15) is 5.76 Å². The molecule has 6 heteroatoms. The molecule has 0 unspecified atom stereocenters. The Morgan fingerprint density at radius 3 is 2.82 bits per heavy atom. The van der Waals surface area contributed by atoms with Crippen LogP contribution in [0.25, 0.3) is 0 Å². The number of hydrogen-bond donors (Lipinski definition) is 1. The molecule has 1 amide bonds. The van der Waals surface area contributed by atoms with E-state index in [1.807, 2.05) is 18.3 Å². The van der Waals surface area contributed by atoms with Crippen LogP contribution in [0.1, 0.15) is 44.9 Å². The first-order valence-electron chi connectivity index (χ1n) is 9.63. The van der Waals surface area contributed by atoms with Crippen LogP contribution in [0, 0.1) is 12.8 Å². The Morgan fingerprint density at radius 1 is 1.21 bits per heavy atom. The summed E-state index contributed by atoms with van der Waals surface area (Å²) in [5, 5.41) is 7.09. The van der Waals surface area contributed by atoms with Gasteiger partial charge in [0.05, 0.1) is 6.04 Å². The minimum absolute atomic E-state index is 0.00963. The second-order valence-electron chi connectivity index (χ2n) is 7.73. The highest BCUT2D eigenvalue weighted by Crippen LogP contribution is 2.49. The molecule has 1 aromatic carbocycles. The van der Waals surface area contributed by atoms with E-state index in [1.165, 1.54) is 16.7 Å². The van der Waals surface area contributed by atoms with Crippen LogP contribution in [-0.4, -0.2) is 34.0 Å². The zero-order valence-corrected chi connectivity index (χ0v) is 15.7. The number of fused-ring (bicyclic) bond motifs is 3. The van der Waals surface area contributed by atoms with Gasteiger partial charge in [-0.15, -0.1) is 0 Å². The average molecular weight is 374 g/mol. The SMILES string of the molecule is Cc1cc(C(=O)N[C@@H]2c3ccccc3[C@@H]3CN(Cc4cccnc4)C[C@H]23)no1. The maximum absolute atomic E-state index is 12.7. The average Bonchev–Trinajstić information content (AvgIpc) is 3.39. The fourth-order valence-electron chi connectivity index (χ4n) is 4.69. The molecule has 6 nitrogen and oxygen atoms in total. The first-order chi connectivity index (χ1) is 13.7. The second-order valence-corrected chi connectivity index (χ2v) is 7.73. The van der Waals surface area contributed by atoms with Crippen molar-refractivity contribution in [3.05, 3.63) is 83.0 Å². The van der Waals surface area contributed by atoms with E-state index >= 15 is 0 Å². The Kier molecular flexibility index (Phi) is 4.20. The Morgan fingerprint density at radius 2 is 2.07 bits per heavy atom. The highest BCUT2D eigenvalue weighted by atomic mass is 16.5. The molecule has 1 saturated heterocycles. The van der Waals surface area contributed by atoms with Crippen molar-refractivity contribution in [2.75, 3.05) is 13.1 Å². The van der Waals surface area contributed by atoms with Crippen LogP contribution in [0.2, 0.25) is 0 Å². The predicted molar refractivity (Wildman–Crippen MR) is 104 cm³/mol. The van der Waals surface area contributed by atoms with Gasteiger partial charge in [-0.2, -0.15) is 0 Å². The highest BCUT2D eigenvalue weighted by Gasteiger charge is 2.46. The molecule has 5 rings (SSSR count). The summed E-state index contributed by atoms with van der Waals surface area (Å²) >= 11 is 0. The van der Waals surface area contributed by atoms with E-state index < -0.39 is 0 Å². The number of hydrogen-bond acceptors (Lipinski definition) is 5. The topological polar surface area (TPSA) is 71.3 Å². The van der Waals surface area contributed by atoms with Gasteiger partial charge in [0.2, 0.25) is 0 Å². The molecule has 1 aliphatic heterocycles. The summed E-state index contributed by atoms with van der Waals surface area (Å²) in [7, 11) is 0. The number of likely N-dealkylation sites (tertiary alicyclic amines) is 1. The molecule has 1 fully saturated rings. The van der Waals surface area contributed by atoms with E-state index in [0.717, 1.165) is 19.6 Å². The molecular formula is C22H22N4O2. The minimum Gasteiger partial charge on any atom is -0.361 e. The third kappa shape index (κ3) is 2.99. The molecule has 3 aromatic rings. The number of amides is 1. The standard InChI is InChI=1S/C22H22N4O2/c1-14-9-20(25-28-14)22(27)24-21-17-7-3-2-6-16(17)18-12-26(13-19(18)21)11-15-5-4-8-23-10-15/h2-10,18-19,21H,11-13H2,1H3,(H,24,27)/t18-,19-,21+/m0/s1. The van der Waals surface area contributed by atoms with Crippen molar-refractivity contribution < 1.29 is 9.32 Å². The Labute approximate surface area is 163 Å². The van der Waals surface area contributed by atoms with Crippen LogP contribution in [-0.2, 0) is 6.54 Å². The van der Waals surface area contributed by atoms with Crippen LogP contribution in [0.4, 0.5) is 0 Å². The van der Waals surface area contributed by atoms with Crippen molar-refractivity contribution in [3.8, 4) is 0 Å². The zero-order valence-electron chi connectivity index (χ0n) is 15.7. The van der Waals surface area contributed by atoms with Gasteiger partial charge in [-0.05, 0) is 29.7 Å². The molecule has 0 bridgehead atoms. The molecule has 1 N–H and O–H groups in total. The third-order valence-corrected chi connectivity index (χ3v) is 5.88. The molecule has 0 saturated carbocycles. The van der Waals surface area contributed by atoms with Gasteiger partial charge >= 0.3 is 0 Å². The molecular weight excluding hydrogens is 352 g/mol. The first-order valence-corrected chi connectivity index (χ1v) is 9.63. The lowest BCUT2D eigenvalue weighted by Gasteiger charge is -2.22. The zero-order chi connectivity index (χ0) is 19.1. The van der Waals surface area contributed by atoms with Gasteiger partial charge in [0.15, 0.2) is 5.69 Å². The summed E-state index contributed by atoms with van der Waals surface area (Å²) in [5.74, 6) is 1.24. The fraction of sp³-hybridized carbons (Fsp3) is 0.318. The Hall–Kier alpha value is -2.99. The molecule has 1 aliphatic carbocycles. The summed E-state index contributed by atoms with van der Waals surface area (Å²) < 4.78 is 5.06. The Bertz CT molecular complexity index is 1000. The lowest BCUT2D eigenvalue weighted by molar-refractivity contribution is 0.0914. The van der Waals surface area contributed by atoms with E-state index in [1.54, 1.807) is 19.2 Å². The van der Waals surface area contributed by atoms with Gasteiger partial charge in [0, 0.05) is 49.9 Å². The summed E-state index contributed by atoms with van der Waals surface area (Å²) in [4.78, 5) is 19.4.